The molecule has 0 fully saturated rings. The lowest BCUT2D eigenvalue weighted by Gasteiger charge is -2.08. The average Bonchev–Trinajstić information content (AvgIpc) is 3.17. The van der Waals surface area contributed by atoms with E-state index < -0.39 is 0 Å². The Morgan fingerprint density at radius 2 is 2.09 bits per heavy atom. The first-order valence-corrected chi connectivity index (χ1v) is 6.75. The van der Waals surface area contributed by atoms with Crippen molar-refractivity contribution in [3.63, 3.8) is 0 Å². The fraction of sp³-hybridized carbons (Fsp3) is 0.214. The van der Waals surface area contributed by atoms with Gasteiger partial charge in [-0.15, -0.1) is 0 Å². The van der Waals surface area contributed by atoms with E-state index in [1.54, 1.807) is 46.4 Å². The van der Waals surface area contributed by atoms with Gasteiger partial charge >= 0.3 is 0 Å². The quantitative estimate of drug-likeness (QED) is 0.735. The molecule has 0 aliphatic rings. The Balaban J connectivity index is 1.69. The van der Waals surface area contributed by atoms with Gasteiger partial charge in [0.05, 0.1) is 24.1 Å². The number of carbonyl (C=O) groups excluding carboxylic acids is 1. The number of nitrogens with zero attached hydrogens (tertiary/aromatic N) is 6. The Morgan fingerprint density at radius 1 is 1.23 bits per heavy atom. The molecule has 0 saturated heterocycles. The van der Waals surface area contributed by atoms with Crippen LogP contribution in [-0.2, 0) is 24.9 Å². The van der Waals surface area contributed by atoms with Crippen molar-refractivity contribution in [2.75, 3.05) is 0 Å². The zero-order chi connectivity index (χ0) is 15.4. The Labute approximate surface area is 126 Å². The third-order valence-electron chi connectivity index (χ3n) is 3.07. The molecule has 0 aliphatic carbocycles. The van der Waals surface area contributed by atoms with Crippen LogP contribution in [0.2, 0.25) is 0 Å². The molecule has 112 valence electrons. The molecule has 0 aromatic carbocycles. The number of aromatic nitrogens is 6. The molecular formula is C14H15N7O. The van der Waals surface area contributed by atoms with E-state index in [2.05, 4.69) is 25.5 Å². The fourth-order valence-corrected chi connectivity index (χ4v) is 2.06. The summed E-state index contributed by atoms with van der Waals surface area (Å²) in [4.78, 5) is 20.5. The van der Waals surface area contributed by atoms with Crippen LogP contribution in [0.15, 0.2) is 43.2 Å². The summed E-state index contributed by atoms with van der Waals surface area (Å²) in [6.07, 6.45) is 10.2. The maximum absolute atomic E-state index is 11.9. The standard InChI is InChI=1S/C14H15N7O/c1-20-9-11(7-19-20)14-12(15-4-5-16-14)8-17-13(22)10-21-6-2-3-18-21/h2-7,9H,8,10H2,1H3,(H,17,22). The zero-order valence-electron chi connectivity index (χ0n) is 12.0. The van der Waals surface area contributed by atoms with Crippen LogP contribution in [-0.4, -0.2) is 35.4 Å². The normalized spacial score (nSPS) is 10.6. The molecule has 0 saturated carbocycles. The first kappa shape index (κ1) is 13.9. The van der Waals surface area contributed by atoms with Crippen molar-refractivity contribution in [1.29, 1.82) is 0 Å². The largest absolute Gasteiger partial charge is 0.349 e. The summed E-state index contributed by atoms with van der Waals surface area (Å²) < 4.78 is 3.26. The van der Waals surface area contributed by atoms with Crippen molar-refractivity contribution >= 4 is 5.91 Å². The maximum atomic E-state index is 11.9. The van der Waals surface area contributed by atoms with Crippen LogP contribution in [0.1, 0.15) is 5.69 Å². The molecule has 0 unspecified atom stereocenters. The van der Waals surface area contributed by atoms with Crippen LogP contribution in [0, 0.1) is 0 Å². The SMILES string of the molecule is Cn1cc(-c2nccnc2CNC(=O)Cn2cccn2)cn1. The molecule has 1 N–H and O–H groups in total. The first-order valence-electron chi connectivity index (χ1n) is 6.75. The molecule has 8 heteroatoms. The van der Waals surface area contributed by atoms with Gasteiger partial charge in [-0.2, -0.15) is 10.2 Å². The fourth-order valence-electron chi connectivity index (χ4n) is 2.06. The minimum absolute atomic E-state index is 0.133. The van der Waals surface area contributed by atoms with Crippen molar-refractivity contribution in [2.24, 2.45) is 7.05 Å². The second-order valence-corrected chi connectivity index (χ2v) is 4.73. The molecule has 3 rings (SSSR count). The van der Waals surface area contributed by atoms with E-state index in [1.165, 1.54) is 0 Å². The number of amides is 1. The van der Waals surface area contributed by atoms with E-state index in [0.29, 0.717) is 12.2 Å². The molecule has 3 heterocycles. The topological polar surface area (TPSA) is 90.5 Å². The van der Waals surface area contributed by atoms with E-state index >= 15 is 0 Å². The molecule has 0 radical (unpaired) electrons. The summed E-state index contributed by atoms with van der Waals surface area (Å²) in [6.45, 7) is 0.480. The molecule has 1 amide bonds. The van der Waals surface area contributed by atoms with Gasteiger partial charge in [0.2, 0.25) is 5.91 Å². The molecular weight excluding hydrogens is 282 g/mol. The van der Waals surface area contributed by atoms with Crippen molar-refractivity contribution in [1.82, 2.24) is 34.8 Å². The number of carbonyl (C=O) groups is 1. The van der Waals surface area contributed by atoms with Crippen LogP contribution in [0.4, 0.5) is 0 Å². The Bertz CT molecular complexity index is 763. The van der Waals surface area contributed by atoms with Crippen molar-refractivity contribution in [2.45, 2.75) is 13.1 Å². The minimum Gasteiger partial charge on any atom is -0.349 e. The Hall–Kier alpha value is -3.03. The lowest BCUT2D eigenvalue weighted by atomic mass is 10.2. The third-order valence-corrected chi connectivity index (χ3v) is 3.07. The molecule has 8 nitrogen and oxygen atoms in total. The Morgan fingerprint density at radius 3 is 2.82 bits per heavy atom. The minimum atomic E-state index is -0.133. The van der Waals surface area contributed by atoms with Crippen LogP contribution in [0.25, 0.3) is 11.3 Å². The highest BCUT2D eigenvalue weighted by atomic mass is 16.2. The lowest BCUT2D eigenvalue weighted by Crippen LogP contribution is -2.28. The number of hydrogen-bond acceptors (Lipinski definition) is 5. The zero-order valence-corrected chi connectivity index (χ0v) is 12.0. The summed E-state index contributed by atoms with van der Waals surface area (Å²) in [5, 5.41) is 10.9. The van der Waals surface area contributed by atoms with Gasteiger partial charge in [-0.25, -0.2) is 0 Å². The van der Waals surface area contributed by atoms with E-state index in [1.807, 2.05) is 13.2 Å². The highest BCUT2D eigenvalue weighted by molar-refractivity contribution is 5.75. The molecule has 0 spiro atoms. The summed E-state index contributed by atoms with van der Waals surface area (Å²) in [5.41, 5.74) is 2.28. The van der Waals surface area contributed by atoms with Gasteiger partial charge in [-0.1, -0.05) is 0 Å². The summed E-state index contributed by atoms with van der Waals surface area (Å²) in [6, 6.07) is 1.77. The number of nitrogens with one attached hydrogen (secondary N) is 1. The van der Waals surface area contributed by atoms with Crippen molar-refractivity contribution < 1.29 is 4.79 Å². The van der Waals surface area contributed by atoms with Gasteiger partial charge in [0.15, 0.2) is 0 Å². The van der Waals surface area contributed by atoms with Crippen LogP contribution in [0.3, 0.4) is 0 Å². The van der Waals surface area contributed by atoms with E-state index in [-0.39, 0.29) is 12.5 Å². The van der Waals surface area contributed by atoms with Gasteiger partial charge in [-0.05, 0) is 6.07 Å². The molecule has 3 aromatic rings. The molecule has 3 aromatic heterocycles. The predicted octanol–water partition coefficient (Wildman–Crippen LogP) is 0.390. The third kappa shape index (κ3) is 3.17. The van der Waals surface area contributed by atoms with E-state index in [0.717, 1.165) is 11.3 Å². The first-order chi connectivity index (χ1) is 10.7. The van der Waals surface area contributed by atoms with Crippen molar-refractivity contribution in [3.8, 4) is 11.3 Å². The van der Waals surface area contributed by atoms with Gasteiger partial charge in [-0.3, -0.25) is 24.1 Å². The van der Waals surface area contributed by atoms with Crippen molar-refractivity contribution in [3.05, 3.63) is 48.9 Å². The van der Waals surface area contributed by atoms with Crippen LogP contribution >= 0.6 is 0 Å². The van der Waals surface area contributed by atoms with Gasteiger partial charge in [0, 0.05) is 43.6 Å². The maximum Gasteiger partial charge on any atom is 0.242 e. The molecule has 0 bridgehead atoms. The lowest BCUT2D eigenvalue weighted by molar-refractivity contribution is -0.122. The smallest absolute Gasteiger partial charge is 0.242 e. The summed E-state index contributed by atoms with van der Waals surface area (Å²) >= 11 is 0. The summed E-state index contributed by atoms with van der Waals surface area (Å²) in [5.74, 6) is -0.133. The highest BCUT2D eigenvalue weighted by Crippen LogP contribution is 2.18. The van der Waals surface area contributed by atoms with Gasteiger partial charge < -0.3 is 5.32 Å². The molecule has 22 heavy (non-hydrogen) atoms. The second-order valence-electron chi connectivity index (χ2n) is 4.73. The highest BCUT2D eigenvalue weighted by Gasteiger charge is 2.11. The number of hydrogen-bond donors (Lipinski definition) is 1. The van der Waals surface area contributed by atoms with Crippen LogP contribution in [0.5, 0.6) is 0 Å². The number of rotatable bonds is 5. The summed E-state index contributed by atoms with van der Waals surface area (Å²) in [7, 11) is 1.84. The predicted molar refractivity (Wildman–Crippen MR) is 78.3 cm³/mol. The second kappa shape index (κ2) is 6.17. The van der Waals surface area contributed by atoms with Crippen LogP contribution < -0.4 is 5.32 Å². The van der Waals surface area contributed by atoms with Gasteiger partial charge in [0.25, 0.3) is 0 Å². The average molecular weight is 297 g/mol. The molecule has 0 aliphatic heterocycles. The Kier molecular flexibility index (Phi) is 3.90. The monoisotopic (exact) mass is 297 g/mol. The van der Waals surface area contributed by atoms with Gasteiger partial charge in [0.1, 0.15) is 6.54 Å². The molecule has 0 atom stereocenters. The number of aryl methyl sites for hydroxylation is 1. The van der Waals surface area contributed by atoms with E-state index in [4.69, 9.17) is 0 Å². The van der Waals surface area contributed by atoms with E-state index in [9.17, 15) is 4.79 Å².